The minimum Gasteiger partial charge on any atom is -0.379 e. The van der Waals surface area contributed by atoms with Gasteiger partial charge in [0.1, 0.15) is 5.56 Å². The number of hydrogen-bond acceptors (Lipinski definition) is 5. The molecule has 0 aliphatic carbocycles. The first-order valence-electron chi connectivity index (χ1n) is 7.94. The summed E-state index contributed by atoms with van der Waals surface area (Å²) in [6.45, 7) is 5.99. The van der Waals surface area contributed by atoms with Gasteiger partial charge in [0.2, 0.25) is 0 Å². The zero-order chi connectivity index (χ0) is 16.4. The molecule has 1 amide bonds. The quantitative estimate of drug-likeness (QED) is 0.814. The highest BCUT2D eigenvalue weighted by Crippen LogP contribution is 2.15. The number of nitrogens with one attached hydrogen (secondary N) is 1. The summed E-state index contributed by atoms with van der Waals surface area (Å²) >= 11 is 0. The van der Waals surface area contributed by atoms with E-state index in [1.165, 1.54) is 6.07 Å². The number of morpholine rings is 1. The van der Waals surface area contributed by atoms with Crippen LogP contribution in [-0.2, 0) is 16.5 Å². The zero-order valence-corrected chi connectivity index (χ0v) is 13.6. The second-order valence-electron chi connectivity index (χ2n) is 6.14. The first kappa shape index (κ1) is 16.2. The summed E-state index contributed by atoms with van der Waals surface area (Å²) in [4.78, 5) is 26.8. The van der Waals surface area contributed by atoms with E-state index in [0.717, 1.165) is 18.8 Å². The molecule has 1 aromatic rings. The smallest absolute Gasteiger partial charge is 0.257 e. The number of carbonyl (C=O) groups is 1. The van der Waals surface area contributed by atoms with E-state index in [9.17, 15) is 9.59 Å². The molecule has 0 saturated carbocycles. The van der Waals surface area contributed by atoms with Gasteiger partial charge in [0.25, 0.3) is 5.91 Å². The summed E-state index contributed by atoms with van der Waals surface area (Å²) in [6.07, 6.45) is 1.59. The van der Waals surface area contributed by atoms with Crippen molar-refractivity contribution in [1.29, 1.82) is 0 Å². The highest BCUT2D eigenvalue weighted by atomic mass is 16.5. The molecular weight excluding hydrogens is 298 g/mol. The molecule has 2 atom stereocenters. The molecular formula is C16H23N3O4. The number of nitrogens with zero attached hydrogens (tertiary/aromatic N) is 2. The van der Waals surface area contributed by atoms with Gasteiger partial charge in [-0.3, -0.25) is 14.5 Å². The van der Waals surface area contributed by atoms with Gasteiger partial charge in [-0.05, 0) is 6.92 Å². The van der Waals surface area contributed by atoms with Gasteiger partial charge in [-0.1, -0.05) is 0 Å². The second kappa shape index (κ2) is 6.82. The maximum Gasteiger partial charge on any atom is 0.257 e. The van der Waals surface area contributed by atoms with Gasteiger partial charge in [0.15, 0.2) is 5.43 Å². The lowest BCUT2D eigenvalue weighted by Crippen LogP contribution is -2.54. The standard InChI is InChI=1S/C16H23N3O4/c1-11-7-15(20)12(8-18(11)2)16(21)17-13-9-23-10-14(13)19-3-5-22-6-4-19/h7-8,13-14H,3-6,9-10H2,1-2H3,(H,17,21)/t13-,14-/m0/s1. The third kappa shape index (κ3) is 3.46. The molecule has 3 heterocycles. The first-order chi connectivity index (χ1) is 11.1. The van der Waals surface area contributed by atoms with Crippen molar-refractivity contribution in [2.24, 2.45) is 7.05 Å². The van der Waals surface area contributed by atoms with Gasteiger partial charge in [-0.25, -0.2) is 0 Å². The summed E-state index contributed by atoms with van der Waals surface area (Å²) in [5.41, 5.74) is 0.743. The number of amides is 1. The van der Waals surface area contributed by atoms with Gasteiger partial charge < -0.3 is 19.4 Å². The molecule has 2 saturated heterocycles. The Morgan fingerprint density at radius 1 is 1.26 bits per heavy atom. The lowest BCUT2D eigenvalue weighted by Gasteiger charge is -2.34. The van der Waals surface area contributed by atoms with Crippen LogP contribution in [0.1, 0.15) is 16.1 Å². The van der Waals surface area contributed by atoms with Gasteiger partial charge in [-0.2, -0.15) is 0 Å². The molecule has 0 bridgehead atoms. The number of ether oxygens (including phenoxy) is 2. The summed E-state index contributed by atoms with van der Waals surface area (Å²) in [5.74, 6) is -0.334. The van der Waals surface area contributed by atoms with Crippen molar-refractivity contribution in [3.63, 3.8) is 0 Å². The number of aromatic nitrogens is 1. The van der Waals surface area contributed by atoms with E-state index in [0.29, 0.717) is 26.4 Å². The summed E-state index contributed by atoms with van der Waals surface area (Å²) in [6, 6.07) is 1.52. The van der Waals surface area contributed by atoms with Crippen molar-refractivity contribution < 1.29 is 14.3 Å². The summed E-state index contributed by atoms with van der Waals surface area (Å²) in [7, 11) is 1.82. The van der Waals surface area contributed by atoms with E-state index in [1.54, 1.807) is 10.8 Å². The van der Waals surface area contributed by atoms with Crippen molar-refractivity contribution >= 4 is 5.91 Å². The predicted octanol–water partition coefficient (Wildman–Crippen LogP) is -0.477. The van der Waals surface area contributed by atoms with Crippen LogP contribution < -0.4 is 10.7 Å². The average molecular weight is 321 g/mol. The Labute approximate surface area is 135 Å². The highest BCUT2D eigenvalue weighted by molar-refractivity contribution is 5.94. The molecule has 7 heteroatoms. The van der Waals surface area contributed by atoms with Crippen LogP contribution in [0, 0.1) is 6.92 Å². The normalized spacial score (nSPS) is 25.5. The van der Waals surface area contributed by atoms with Crippen molar-refractivity contribution in [1.82, 2.24) is 14.8 Å². The van der Waals surface area contributed by atoms with Crippen molar-refractivity contribution in [3.05, 3.63) is 33.7 Å². The van der Waals surface area contributed by atoms with Crippen molar-refractivity contribution in [3.8, 4) is 0 Å². The molecule has 23 heavy (non-hydrogen) atoms. The third-order valence-electron chi connectivity index (χ3n) is 4.61. The van der Waals surface area contributed by atoms with Crippen LogP contribution in [0.5, 0.6) is 0 Å². The van der Waals surface area contributed by atoms with Gasteiger partial charge >= 0.3 is 0 Å². The van der Waals surface area contributed by atoms with Crippen LogP contribution in [0.25, 0.3) is 0 Å². The second-order valence-corrected chi connectivity index (χ2v) is 6.14. The average Bonchev–Trinajstić information content (AvgIpc) is 2.99. The number of pyridine rings is 1. The van der Waals surface area contributed by atoms with Crippen LogP contribution in [0.4, 0.5) is 0 Å². The Morgan fingerprint density at radius 3 is 2.74 bits per heavy atom. The topological polar surface area (TPSA) is 72.8 Å². The Balaban J connectivity index is 1.71. The van der Waals surface area contributed by atoms with Crippen LogP contribution in [0.15, 0.2) is 17.1 Å². The van der Waals surface area contributed by atoms with E-state index in [4.69, 9.17) is 9.47 Å². The third-order valence-corrected chi connectivity index (χ3v) is 4.61. The molecule has 2 aliphatic heterocycles. The van der Waals surface area contributed by atoms with Crippen LogP contribution >= 0.6 is 0 Å². The fraction of sp³-hybridized carbons (Fsp3) is 0.625. The lowest BCUT2D eigenvalue weighted by molar-refractivity contribution is 0.0108. The minimum atomic E-state index is -0.334. The molecule has 2 fully saturated rings. The van der Waals surface area contributed by atoms with E-state index >= 15 is 0 Å². The SMILES string of the molecule is Cc1cc(=O)c(C(=O)N[C@H]2COC[C@@H]2N2CCOCC2)cn1C. The fourth-order valence-electron chi connectivity index (χ4n) is 3.09. The molecule has 0 aromatic carbocycles. The molecule has 3 rings (SSSR count). The molecule has 2 aliphatic rings. The Hall–Kier alpha value is -1.70. The van der Waals surface area contributed by atoms with E-state index in [-0.39, 0.29) is 29.0 Å². The van der Waals surface area contributed by atoms with E-state index in [1.807, 2.05) is 14.0 Å². The molecule has 7 nitrogen and oxygen atoms in total. The fourth-order valence-corrected chi connectivity index (χ4v) is 3.09. The molecule has 0 radical (unpaired) electrons. The van der Waals surface area contributed by atoms with E-state index < -0.39 is 0 Å². The van der Waals surface area contributed by atoms with Crippen molar-refractivity contribution in [2.75, 3.05) is 39.5 Å². The Bertz CT molecular complexity index is 637. The van der Waals surface area contributed by atoms with Crippen LogP contribution in [0.3, 0.4) is 0 Å². The lowest BCUT2D eigenvalue weighted by atomic mass is 10.1. The van der Waals surface area contributed by atoms with Crippen LogP contribution in [-0.4, -0.2) is 67.0 Å². The maximum absolute atomic E-state index is 12.5. The highest BCUT2D eigenvalue weighted by Gasteiger charge is 2.35. The van der Waals surface area contributed by atoms with Gasteiger partial charge in [0.05, 0.1) is 38.5 Å². The first-order valence-corrected chi connectivity index (χ1v) is 7.94. The molecule has 126 valence electrons. The summed E-state index contributed by atoms with van der Waals surface area (Å²) in [5, 5.41) is 2.97. The minimum absolute atomic E-state index is 0.105. The number of aryl methyl sites for hydroxylation is 2. The summed E-state index contributed by atoms with van der Waals surface area (Å²) < 4.78 is 12.7. The Morgan fingerprint density at radius 2 is 2.00 bits per heavy atom. The molecule has 0 unspecified atom stereocenters. The molecule has 0 spiro atoms. The molecule has 1 aromatic heterocycles. The predicted molar refractivity (Wildman–Crippen MR) is 84.7 cm³/mol. The van der Waals surface area contributed by atoms with Gasteiger partial charge in [0, 0.05) is 38.1 Å². The molecule has 1 N–H and O–H groups in total. The van der Waals surface area contributed by atoms with E-state index in [2.05, 4.69) is 10.2 Å². The Kier molecular flexibility index (Phi) is 4.79. The van der Waals surface area contributed by atoms with Crippen LogP contribution in [0.2, 0.25) is 0 Å². The monoisotopic (exact) mass is 321 g/mol. The number of hydrogen-bond donors (Lipinski definition) is 1. The van der Waals surface area contributed by atoms with Crippen molar-refractivity contribution in [2.45, 2.75) is 19.0 Å². The zero-order valence-electron chi connectivity index (χ0n) is 13.6. The largest absolute Gasteiger partial charge is 0.379 e. The number of rotatable bonds is 3. The van der Waals surface area contributed by atoms with Gasteiger partial charge in [-0.15, -0.1) is 0 Å². The maximum atomic E-state index is 12.5. The number of carbonyl (C=O) groups excluding carboxylic acids is 1.